The van der Waals surface area contributed by atoms with Crippen LogP contribution in [0.15, 0.2) is 55.0 Å². The number of carboxylic acid groups (broad SMARTS) is 1. The van der Waals surface area contributed by atoms with Gasteiger partial charge in [-0.25, -0.2) is 9.78 Å². The topological polar surface area (TPSA) is 99.5 Å². The summed E-state index contributed by atoms with van der Waals surface area (Å²) in [6, 6.07) is 9.92. The molecule has 0 aliphatic carbocycles. The minimum atomic E-state index is -1.08. The van der Waals surface area contributed by atoms with E-state index in [-0.39, 0.29) is 6.42 Å². The number of hydrogen-bond donors (Lipinski definition) is 3. The maximum Gasteiger partial charge on any atom is 0.326 e. The lowest BCUT2D eigenvalue weighted by molar-refractivity contribution is -0.139. The lowest BCUT2D eigenvalue weighted by Gasteiger charge is -2.14. The predicted molar refractivity (Wildman–Crippen MR) is 101 cm³/mol. The Morgan fingerprint density at radius 2 is 2.11 bits per heavy atom. The molecule has 0 spiro atoms. The predicted octanol–water partition coefficient (Wildman–Crippen LogP) is 2.55. The summed E-state index contributed by atoms with van der Waals surface area (Å²) in [4.78, 5) is 31.7. The van der Waals surface area contributed by atoms with E-state index in [4.69, 9.17) is 0 Å². The molecular weight excluding hydrogens is 344 g/mol. The van der Waals surface area contributed by atoms with E-state index in [9.17, 15) is 14.7 Å². The summed E-state index contributed by atoms with van der Waals surface area (Å²) in [6.07, 6.45) is 5.57. The summed E-state index contributed by atoms with van der Waals surface area (Å²) in [5, 5.41) is 13.1. The number of amides is 1. The number of H-pyrrole nitrogens is 1. The Balaban J connectivity index is 1.56. The van der Waals surface area contributed by atoms with E-state index < -0.39 is 17.9 Å². The van der Waals surface area contributed by atoms with Crippen LogP contribution in [0.3, 0.4) is 0 Å². The number of nitrogens with one attached hydrogen (secondary N) is 2. The number of aryl methyl sites for hydroxylation is 1. The molecule has 1 amide bonds. The highest BCUT2D eigenvalue weighted by Crippen LogP contribution is 2.19. The summed E-state index contributed by atoms with van der Waals surface area (Å²) in [5.41, 5.74) is 3.64. The van der Waals surface area contributed by atoms with Crippen LogP contribution in [0.1, 0.15) is 21.6 Å². The molecule has 0 saturated carbocycles. The number of imidazole rings is 1. The molecule has 7 nitrogen and oxygen atoms in total. The number of aromatic nitrogens is 3. The van der Waals surface area contributed by atoms with Crippen LogP contribution in [0.25, 0.3) is 16.6 Å². The molecule has 3 aromatic heterocycles. The van der Waals surface area contributed by atoms with Gasteiger partial charge in [-0.15, -0.1) is 0 Å². The number of carbonyl (C=O) groups is 2. The number of benzene rings is 1. The van der Waals surface area contributed by atoms with Crippen molar-refractivity contribution in [3.63, 3.8) is 0 Å². The quantitative estimate of drug-likeness (QED) is 0.508. The van der Waals surface area contributed by atoms with Crippen molar-refractivity contribution in [2.24, 2.45) is 0 Å². The fourth-order valence-electron chi connectivity index (χ4n) is 3.21. The van der Waals surface area contributed by atoms with Gasteiger partial charge in [0.15, 0.2) is 0 Å². The minimum absolute atomic E-state index is 0.190. The summed E-state index contributed by atoms with van der Waals surface area (Å²) in [5.74, 6) is -1.52. The normalized spacial score (nSPS) is 12.3. The molecule has 3 heterocycles. The van der Waals surface area contributed by atoms with Gasteiger partial charge < -0.3 is 19.8 Å². The Bertz CT molecular complexity index is 1160. The Labute approximate surface area is 154 Å². The van der Waals surface area contributed by atoms with Gasteiger partial charge in [0.25, 0.3) is 5.91 Å². The van der Waals surface area contributed by atoms with Crippen molar-refractivity contribution in [1.29, 1.82) is 0 Å². The van der Waals surface area contributed by atoms with Crippen molar-refractivity contribution < 1.29 is 14.7 Å². The number of fused-ring (bicyclic) bond motifs is 2. The molecule has 0 saturated heterocycles. The molecule has 1 unspecified atom stereocenters. The van der Waals surface area contributed by atoms with E-state index in [1.54, 1.807) is 24.5 Å². The van der Waals surface area contributed by atoms with Gasteiger partial charge in [0.1, 0.15) is 11.7 Å². The number of hydrogen-bond acceptors (Lipinski definition) is 3. The summed E-state index contributed by atoms with van der Waals surface area (Å²) in [7, 11) is 0. The van der Waals surface area contributed by atoms with Crippen LogP contribution >= 0.6 is 0 Å². The van der Waals surface area contributed by atoms with Crippen LogP contribution in [0.5, 0.6) is 0 Å². The van der Waals surface area contributed by atoms with Gasteiger partial charge in [-0.05, 0) is 30.7 Å². The molecule has 3 N–H and O–H groups in total. The third-order valence-corrected chi connectivity index (χ3v) is 4.55. The van der Waals surface area contributed by atoms with E-state index >= 15 is 0 Å². The second-order valence-electron chi connectivity index (χ2n) is 6.49. The Hall–Kier alpha value is -3.61. The third kappa shape index (κ3) is 3.27. The Morgan fingerprint density at radius 1 is 1.30 bits per heavy atom. The summed E-state index contributed by atoms with van der Waals surface area (Å²) in [6.45, 7) is 1.87. The second-order valence-corrected chi connectivity index (χ2v) is 6.49. The molecule has 1 aromatic carbocycles. The van der Waals surface area contributed by atoms with Crippen molar-refractivity contribution in [3.8, 4) is 0 Å². The molecule has 7 heteroatoms. The van der Waals surface area contributed by atoms with Crippen LogP contribution in [0, 0.1) is 6.92 Å². The Kier molecular flexibility index (Phi) is 4.12. The first kappa shape index (κ1) is 16.8. The van der Waals surface area contributed by atoms with E-state index in [1.165, 1.54) is 0 Å². The van der Waals surface area contributed by atoms with Crippen molar-refractivity contribution in [2.45, 2.75) is 19.4 Å². The standard InChI is InChI=1S/C20H18N4O3/c1-12-11-24-7-6-13(9-18(24)22-12)19(25)23-17(20(26)27)8-14-10-21-16-5-3-2-4-15(14)16/h2-7,9-11,17,21H,8H2,1H3,(H,23,25)(H,26,27). The maximum atomic E-state index is 12.6. The van der Waals surface area contributed by atoms with E-state index in [1.807, 2.05) is 41.8 Å². The largest absolute Gasteiger partial charge is 0.480 e. The van der Waals surface area contributed by atoms with Gasteiger partial charge in [-0.1, -0.05) is 18.2 Å². The number of carbonyl (C=O) groups excluding carboxylic acids is 1. The maximum absolute atomic E-state index is 12.6. The van der Waals surface area contributed by atoms with Crippen LogP contribution in [-0.4, -0.2) is 37.4 Å². The van der Waals surface area contributed by atoms with Gasteiger partial charge in [-0.3, -0.25) is 4.79 Å². The first-order chi connectivity index (χ1) is 13.0. The first-order valence-electron chi connectivity index (χ1n) is 8.55. The second kappa shape index (κ2) is 6.60. The van der Waals surface area contributed by atoms with Gasteiger partial charge in [-0.2, -0.15) is 0 Å². The van der Waals surface area contributed by atoms with Crippen molar-refractivity contribution >= 4 is 28.4 Å². The van der Waals surface area contributed by atoms with Crippen LogP contribution in [0.2, 0.25) is 0 Å². The highest BCUT2D eigenvalue weighted by atomic mass is 16.4. The molecule has 1 atom stereocenters. The highest BCUT2D eigenvalue weighted by Gasteiger charge is 2.22. The van der Waals surface area contributed by atoms with Gasteiger partial charge >= 0.3 is 5.97 Å². The average Bonchev–Trinajstić information content (AvgIpc) is 3.22. The number of para-hydroxylation sites is 1. The Morgan fingerprint density at radius 3 is 2.93 bits per heavy atom. The summed E-state index contributed by atoms with van der Waals surface area (Å²) < 4.78 is 1.81. The number of carboxylic acids is 1. The van der Waals surface area contributed by atoms with Crippen molar-refractivity contribution in [1.82, 2.24) is 19.7 Å². The van der Waals surface area contributed by atoms with Gasteiger partial charge in [0, 0.05) is 41.5 Å². The number of nitrogens with zero attached hydrogens (tertiary/aromatic N) is 2. The number of rotatable bonds is 5. The smallest absolute Gasteiger partial charge is 0.326 e. The number of pyridine rings is 1. The van der Waals surface area contributed by atoms with Crippen molar-refractivity contribution in [3.05, 3.63) is 71.8 Å². The van der Waals surface area contributed by atoms with Crippen LogP contribution in [0.4, 0.5) is 0 Å². The van der Waals surface area contributed by atoms with Crippen LogP contribution in [-0.2, 0) is 11.2 Å². The van der Waals surface area contributed by atoms with E-state index in [0.717, 1.165) is 22.2 Å². The summed E-state index contributed by atoms with van der Waals surface area (Å²) >= 11 is 0. The highest BCUT2D eigenvalue weighted by molar-refractivity contribution is 5.97. The van der Waals surface area contributed by atoms with Crippen molar-refractivity contribution in [2.75, 3.05) is 0 Å². The number of aromatic amines is 1. The fraction of sp³-hybridized carbons (Fsp3) is 0.150. The molecular formula is C20H18N4O3. The van der Waals surface area contributed by atoms with Crippen LogP contribution < -0.4 is 5.32 Å². The fourth-order valence-corrected chi connectivity index (χ4v) is 3.21. The minimum Gasteiger partial charge on any atom is -0.480 e. The van der Waals surface area contributed by atoms with Gasteiger partial charge in [0.05, 0.1) is 5.69 Å². The first-order valence-corrected chi connectivity index (χ1v) is 8.55. The SMILES string of the molecule is Cc1cn2ccc(C(=O)NC(Cc3c[nH]c4ccccc34)C(=O)O)cc2n1. The monoisotopic (exact) mass is 362 g/mol. The zero-order valence-electron chi connectivity index (χ0n) is 14.6. The molecule has 136 valence electrons. The molecule has 27 heavy (non-hydrogen) atoms. The molecule has 0 fully saturated rings. The molecule has 4 aromatic rings. The lowest BCUT2D eigenvalue weighted by atomic mass is 10.0. The average molecular weight is 362 g/mol. The molecule has 0 radical (unpaired) electrons. The lowest BCUT2D eigenvalue weighted by Crippen LogP contribution is -2.42. The van der Waals surface area contributed by atoms with E-state index in [2.05, 4.69) is 15.3 Å². The molecule has 0 bridgehead atoms. The van der Waals surface area contributed by atoms with E-state index in [0.29, 0.717) is 11.2 Å². The molecule has 0 aliphatic rings. The zero-order valence-corrected chi connectivity index (χ0v) is 14.6. The van der Waals surface area contributed by atoms with Gasteiger partial charge in [0.2, 0.25) is 0 Å². The molecule has 0 aliphatic heterocycles. The third-order valence-electron chi connectivity index (χ3n) is 4.55. The number of aliphatic carboxylic acids is 1. The zero-order chi connectivity index (χ0) is 19.0. The molecule has 4 rings (SSSR count).